The van der Waals surface area contributed by atoms with Gasteiger partial charge in [-0.1, -0.05) is 29.7 Å². The van der Waals surface area contributed by atoms with Crippen LogP contribution in [-0.4, -0.2) is 23.8 Å². The summed E-state index contributed by atoms with van der Waals surface area (Å²) in [6.07, 6.45) is 11.5. The Hall–Kier alpha value is -2.92. The summed E-state index contributed by atoms with van der Waals surface area (Å²) >= 11 is 9.66. The van der Waals surface area contributed by atoms with Gasteiger partial charge in [0.25, 0.3) is 0 Å². The summed E-state index contributed by atoms with van der Waals surface area (Å²) in [6, 6.07) is 7.46. The van der Waals surface area contributed by atoms with Crippen molar-refractivity contribution in [2.75, 3.05) is 7.05 Å². The first-order chi connectivity index (χ1) is 16.4. The van der Waals surface area contributed by atoms with Crippen molar-refractivity contribution in [3.05, 3.63) is 61.9 Å². The van der Waals surface area contributed by atoms with Crippen molar-refractivity contribution < 1.29 is 9.53 Å². The van der Waals surface area contributed by atoms with Crippen LogP contribution in [-0.2, 0) is 11.4 Å². The quantitative estimate of drug-likeness (QED) is 0.230. The van der Waals surface area contributed by atoms with Gasteiger partial charge in [0.15, 0.2) is 0 Å². The lowest BCUT2D eigenvalue weighted by molar-refractivity contribution is -0.120. The van der Waals surface area contributed by atoms with Gasteiger partial charge >= 0.3 is 0 Å². The van der Waals surface area contributed by atoms with Crippen LogP contribution in [0, 0.1) is 25.2 Å². The molecule has 5 nitrogen and oxygen atoms in total. The molecule has 1 aliphatic carbocycles. The average Bonchev–Trinajstić information content (AvgIpc) is 3.50. The lowest BCUT2D eigenvalue weighted by Gasteiger charge is -2.12. The maximum atomic E-state index is 12.1. The molecular formula is C26H24ClN3O2S2. The Balaban J connectivity index is 1.46. The average molecular weight is 510 g/mol. The predicted octanol–water partition coefficient (Wildman–Crippen LogP) is 6.33. The van der Waals surface area contributed by atoms with Crippen molar-refractivity contribution >= 4 is 52.1 Å². The summed E-state index contributed by atoms with van der Waals surface area (Å²) in [4.78, 5) is 24.0. The molecule has 0 bridgehead atoms. The molecule has 0 saturated heterocycles. The molecular weight excluding hydrogens is 486 g/mol. The molecule has 1 fully saturated rings. The summed E-state index contributed by atoms with van der Waals surface area (Å²) in [5, 5.41) is 4.26. The van der Waals surface area contributed by atoms with Gasteiger partial charge in [0.1, 0.15) is 23.2 Å². The summed E-state index contributed by atoms with van der Waals surface area (Å²) in [6.45, 7) is 4.32. The fourth-order valence-electron chi connectivity index (χ4n) is 3.33. The number of aryl methyl sites for hydroxylation is 1. The van der Waals surface area contributed by atoms with Crippen molar-refractivity contribution in [1.29, 1.82) is 0 Å². The number of aliphatic imine (C=N–C) groups is 1. The Morgan fingerprint density at radius 1 is 1.38 bits per heavy atom. The Kier molecular flexibility index (Phi) is 7.52. The van der Waals surface area contributed by atoms with E-state index in [1.54, 1.807) is 35.8 Å². The lowest BCUT2D eigenvalue weighted by Crippen LogP contribution is -2.32. The highest BCUT2D eigenvalue weighted by atomic mass is 35.5. The molecule has 8 heteroatoms. The molecule has 34 heavy (non-hydrogen) atoms. The monoisotopic (exact) mass is 509 g/mol. The number of aromatic nitrogens is 1. The number of allylic oxidation sites excluding steroid dienone is 1. The molecule has 1 saturated carbocycles. The van der Waals surface area contributed by atoms with Gasteiger partial charge in [0.05, 0.1) is 25.3 Å². The number of amidine groups is 1. The van der Waals surface area contributed by atoms with Crippen LogP contribution in [0.3, 0.4) is 0 Å². The molecule has 1 N–H and O–H groups in total. The highest BCUT2D eigenvalue weighted by Gasteiger charge is 2.30. The van der Waals surface area contributed by atoms with Crippen LogP contribution in [0.25, 0.3) is 16.0 Å². The summed E-state index contributed by atoms with van der Waals surface area (Å²) in [5.41, 5.74) is 2.63. The van der Waals surface area contributed by atoms with Crippen molar-refractivity contribution in [1.82, 2.24) is 10.3 Å². The highest BCUT2D eigenvalue weighted by Crippen LogP contribution is 2.36. The molecule has 1 amide bonds. The molecule has 0 aliphatic heterocycles. The van der Waals surface area contributed by atoms with Gasteiger partial charge < -0.3 is 10.1 Å². The third kappa shape index (κ3) is 5.41. The fourth-order valence-corrected chi connectivity index (χ4v) is 5.57. The molecule has 2 aromatic heterocycles. The topological polar surface area (TPSA) is 63.6 Å². The number of nitrogens with zero attached hydrogens (tertiary/aromatic N) is 2. The number of amides is 1. The highest BCUT2D eigenvalue weighted by molar-refractivity contribution is 7.22. The van der Waals surface area contributed by atoms with Crippen LogP contribution in [0.15, 0.2) is 35.3 Å². The second-order valence-corrected chi connectivity index (χ2v) is 10.4. The SMILES string of the molecule is C#Cc1sc(-c2nc(C)c(COc3ccc(C(=NC)NC(=O)C4CC4)c(Cl)c3)s2)cc1/C=C\C. The van der Waals surface area contributed by atoms with Gasteiger partial charge in [-0.2, -0.15) is 0 Å². The van der Waals surface area contributed by atoms with E-state index in [1.807, 2.05) is 38.1 Å². The molecule has 0 spiro atoms. The number of halogens is 1. The van der Waals surface area contributed by atoms with E-state index in [4.69, 9.17) is 27.7 Å². The number of carbonyl (C=O) groups excluding carboxylic acids is 1. The van der Waals surface area contributed by atoms with E-state index in [0.29, 0.717) is 28.8 Å². The standard InChI is InChI=1S/C26H24ClN3O2S2/c1-5-7-17-12-22(33-21(17)6-2)26-29-15(3)23(34-26)14-32-18-10-11-19(20(27)13-18)24(28-4)30-25(31)16-8-9-16/h2,5,7,10-13,16H,8-9,14H2,1,3-4H3,(H,28,30,31)/b7-5-. The zero-order valence-corrected chi connectivity index (χ0v) is 21.5. The van der Waals surface area contributed by atoms with Gasteiger partial charge in [0, 0.05) is 24.1 Å². The van der Waals surface area contributed by atoms with Gasteiger partial charge in [-0.25, -0.2) is 4.98 Å². The minimum Gasteiger partial charge on any atom is -0.488 e. The van der Waals surface area contributed by atoms with E-state index in [0.717, 1.165) is 43.7 Å². The fraction of sp³-hybridized carbons (Fsp3) is 0.269. The smallest absolute Gasteiger partial charge is 0.228 e. The Morgan fingerprint density at radius 3 is 2.82 bits per heavy atom. The molecule has 0 unspecified atom stereocenters. The molecule has 0 atom stereocenters. The second-order valence-electron chi connectivity index (χ2n) is 7.83. The number of carbonyl (C=O) groups is 1. The minimum absolute atomic E-state index is 0.00795. The largest absolute Gasteiger partial charge is 0.488 e. The number of hydrogen-bond donors (Lipinski definition) is 1. The van der Waals surface area contributed by atoms with E-state index >= 15 is 0 Å². The zero-order chi connectivity index (χ0) is 24.2. The van der Waals surface area contributed by atoms with Crippen molar-refractivity contribution in [3.63, 3.8) is 0 Å². The predicted molar refractivity (Wildman–Crippen MR) is 142 cm³/mol. The Labute approximate surface area is 212 Å². The zero-order valence-electron chi connectivity index (χ0n) is 19.1. The van der Waals surface area contributed by atoms with Gasteiger partial charge in [-0.15, -0.1) is 29.1 Å². The Morgan fingerprint density at radius 2 is 2.18 bits per heavy atom. The first-order valence-corrected chi connectivity index (χ1v) is 12.8. The number of ether oxygens (including phenoxy) is 1. The van der Waals surface area contributed by atoms with Gasteiger partial charge in [0.2, 0.25) is 5.91 Å². The lowest BCUT2D eigenvalue weighted by atomic mass is 10.2. The van der Waals surface area contributed by atoms with Crippen molar-refractivity contribution in [2.45, 2.75) is 33.3 Å². The van der Waals surface area contributed by atoms with Crippen molar-refractivity contribution in [3.8, 4) is 28.0 Å². The molecule has 1 aliphatic rings. The summed E-state index contributed by atoms with van der Waals surface area (Å²) in [7, 11) is 1.63. The van der Waals surface area contributed by atoms with Crippen molar-refractivity contribution in [2.24, 2.45) is 10.9 Å². The first-order valence-electron chi connectivity index (χ1n) is 10.8. The summed E-state index contributed by atoms with van der Waals surface area (Å²) < 4.78 is 6.01. The maximum absolute atomic E-state index is 12.1. The first kappa shape index (κ1) is 24.2. The maximum Gasteiger partial charge on any atom is 0.228 e. The third-order valence-electron chi connectivity index (χ3n) is 5.32. The Bertz CT molecular complexity index is 1330. The number of thiazole rings is 1. The number of rotatable bonds is 7. The summed E-state index contributed by atoms with van der Waals surface area (Å²) in [5.74, 6) is 3.94. The van der Waals surface area contributed by atoms with Crippen LogP contribution in [0.5, 0.6) is 5.75 Å². The molecule has 1 aromatic carbocycles. The van der Waals surface area contributed by atoms with Gasteiger partial charge in [-0.3, -0.25) is 9.79 Å². The number of benzene rings is 1. The molecule has 2 heterocycles. The molecule has 4 rings (SSSR count). The number of nitrogens with one attached hydrogen (secondary N) is 1. The van der Waals surface area contributed by atoms with E-state index < -0.39 is 0 Å². The van der Waals surface area contributed by atoms with Crippen LogP contribution >= 0.6 is 34.3 Å². The normalized spacial score (nSPS) is 13.8. The van der Waals surface area contributed by atoms with Crippen LogP contribution in [0.4, 0.5) is 0 Å². The number of thiophene rings is 1. The molecule has 3 aromatic rings. The van der Waals surface area contributed by atoms with Crippen LogP contribution in [0.2, 0.25) is 5.02 Å². The number of terminal acetylenes is 1. The number of hydrogen-bond acceptors (Lipinski definition) is 6. The van der Waals surface area contributed by atoms with E-state index in [1.165, 1.54) is 0 Å². The van der Waals surface area contributed by atoms with Gasteiger partial charge in [-0.05, 0) is 51.0 Å². The minimum atomic E-state index is -0.00795. The molecule has 174 valence electrons. The van der Waals surface area contributed by atoms with E-state index in [-0.39, 0.29) is 11.8 Å². The van der Waals surface area contributed by atoms with Crippen LogP contribution in [0.1, 0.15) is 46.3 Å². The van der Waals surface area contributed by atoms with E-state index in [2.05, 4.69) is 22.3 Å². The van der Waals surface area contributed by atoms with Crippen LogP contribution < -0.4 is 10.1 Å². The third-order valence-corrected chi connectivity index (χ3v) is 8.02. The van der Waals surface area contributed by atoms with E-state index in [9.17, 15) is 4.79 Å². The second kappa shape index (κ2) is 10.6. The molecule has 0 radical (unpaired) electrons.